The number of piperidine rings is 1. The fourth-order valence-electron chi connectivity index (χ4n) is 6.14. The third-order valence-electron chi connectivity index (χ3n) is 8.10. The molecule has 36 heavy (non-hydrogen) atoms. The van der Waals surface area contributed by atoms with Gasteiger partial charge in [0.15, 0.2) is 5.82 Å². The highest BCUT2D eigenvalue weighted by Crippen LogP contribution is 2.39. The van der Waals surface area contributed by atoms with Crippen molar-refractivity contribution in [2.45, 2.75) is 31.3 Å². The number of ether oxygens (including phenoxy) is 1. The van der Waals surface area contributed by atoms with E-state index in [1.54, 1.807) is 5.01 Å². The first-order chi connectivity index (χ1) is 17.3. The van der Waals surface area contributed by atoms with Crippen molar-refractivity contribution in [2.75, 3.05) is 62.7 Å². The Balaban J connectivity index is 1.10. The molecule has 5 aliphatic rings. The van der Waals surface area contributed by atoms with E-state index in [1.165, 1.54) is 6.20 Å². The molecule has 0 bridgehead atoms. The number of hydrazine groups is 1. The third kappa shape index (κ3) is 4.12. The van der Waals surface area contributed by atoms with Crippen molar-refractivity contribution in [1.29, 1.82) is 0 Å². The lowest BCUT2D eigenvalue weighted by molar-refractivity contribution is -0.197. The first kappa shape index (κ1) is 23.9. The van der Waals surface area contributed by atoms with Gasteiger partial charge in [-0.2, -0.15) is 0 Å². The summed E-state index contributed by atoms with van der Waals surface area (Å²) in [5.74, 6) is -1.58. The molecule has 196 valence electrons. The average molecular weight is 507 g/mol. The number of likely N-dealkylation sites (tertiary alicyclic amines) is 1. The summed E-state index contributed by atoms with van der Waals surface area (Å²) < 4.78 is 34.0. The highest BCUT2D eigenvalue weighted by Gasteiger charge is 2.51. The lowest BCUT2D eigenvalue weighted by Gasteiger charge is -2.55. The van der Waals surface area contributed by atoms with Gasteiger partial charge in [-0.05, 0) is 12.8 Å². The quantitative estimate of drug-likeness (QED) is 0.416. The molecule has 0 aliphatic carbocycles. The number of alkyl halides is 1. The second-order valence-corrected chi connectivity index (χ2v) is 10.7. The number of nitrogens with zero attached hydrogens (tertiary/aromatic N) is 4. The van der Waals surface area contributed by atoms with Crippen LogP contribution in [0, 0.1) is 23.1 Å². The van der Waals surface area contributed by atoms with Crippen LogP contribution in [0.3, 0.4) is 0 Å². The van der Waals surface area contributed by atoms with Gasteiger partial charge in [-0.1, -0.05) is 0 Å². The Morgan fingerprint density at radius 2 is 1.97 bits per heavy atom. The molecule has 0 radical (unpaired) electrons. The van der Waals surface area contributed by atoms with E-state index in [4.69, 9.17) is 10.5 Å². The van der Waals surface area contributed by atoms with E-state index >= 15 is 0 Å². The van der Waals surface area contributed by atoms with Crippen molar-refractivity contribution >= 4 is 23.2 Å². The number of anilines is 2. The number of hydrogen-bond acceptors (Lipinski definition) is 9. The van der Waals surface area contributed by atoms with E-state index in [2.05, 4.69) is 21.0 Å². The second-order valence-electron chi connectivity index (χ2n) is 10.7. The van der Waals surface area contributed by atoms with Crippen LogP contribution < -0.4 is 26.7 Å². The van der Waals surface area contributed by atoms with Gasteiger partial charge >= 0.3 is 0 Å². The summed E-state index contributed by atoms with van der Waals surface area (Å²) in [6, 6.07) is 0. The van der Waals surface area contributed by atoms with E-state index in [-0.39, 0.29) is 41.7 Å². The largest absolute Gasteiger partial charge is 0.380 e. The third-order valence-corrected chi connectivity index (χ3v) is 8.10. The van der Waals surface area contributed by atoms with Gasteiger partial charge < -0.3 is 25.6 Å². The lowest BCUT2D eigenvalue weighted by Crippen LogP contribution is -2.68. The summed E-state index contributed by atoms with van der Waals surface area (Å²) in [4.78, 5) is 33.8. The van der Waals surface area contributed by atoms with Gasteiger partial charge in [0, 0.05) is 45.2 Å². The highest BCUT2D eigenvalue weighted by molar-refractivity contribution is 5.96. The van der Waals surface area contributed by atoms with Crippen LogP contribution in [-0.4, -0.2) is 97.7 Å². The number of carbonyl (C=O) groups excluding carboxylic acids is 2. The maximum Gasteiger partial charge on any atom is 0.233 e. The average Bonchev–Trinajstić information content (AvgIpc) is 3.12. The molecule has 13 heteroatoms. The predicted molar refractivity (Wildman–Crippen MR) is 126 cm³/mol. The van der Waals surface area contributed by atoms with Crippen molar-refractivity contribution in [3.63, 3.8) is 0 Å². The van der Waals surface area contributed by atoms with Gasteiger partial charge in [-0.15, -0.1) is 0 Å². The minimum atomic E-state index is -1.06. The molecule has 1 spiro atoms. The van der Waals surface area contributed by atoms with Crippen LogP contribution in [0.15, 0.2) is 12.4 Å². The van der Waals surface area contributed by atoms with Gasteiger partial charge in [0.05, 0.1) is 55.0 Å². The van der Waals surface area contributed by atoms with Gasteiger partial charge in [0.1, 0.15) is 11.9 Å². The number of fused-ring (bicyclic) bond motifs is 1. The molecule has 4 atom stereocenters. The van der Waals surface area contributed by atoms with E-state index in [9.17, 15) is 18.4 Å². The number of pyridine rings is 1. The van der Waals surface area contributed by atoms with E-state index in [0.717, 1.165) is 32.5 Å². The summed E-state index contributed by atoms with van der Waals surface area (Å²) in [6.45, 7) is 4.23. The summed E-state index contributed by atoms with van der Waals surface area (Å²) in [7, 11) is 0. The minimum Gasteiger partial charge on any atom is -0.380 e. The van der Waals surface area contributed by atoms with Crippen LogP contribution in [0.5, 0.6) is 0 Å². The highest BCUT2D eigenvalue weighted by atomic mass is 19.1. The zero-order valence-corrected chi connectivity index (χ0v) is 20.0. The molecule has 5 fully saturated rings. The summed E-state index contributed by atoms with van der Waals surface area (Å²) in [6.07, 6.45) is 1.51. The molecule has 5 saturated heterocycles. The predicted octanol–water partition coefficient (Wildman–Crippen LogP) is -0.777. The van der Waals surface area contributed by atoms with Crippen LogP contribution in [0.1, 0.15) is 12.8 Å². The molecule has 11 nitrogen and oxygen atoms in total. The maximum atomic E-state index is 15.0. The molecule has 5 N–H and O–H groups in total. The molecular weight excluding hydrogens is 474 g/mol. The number of carbonyl (C=O) groups is 2. The molecule has 2 amide bonds. The Labute approximate surface area is 207 Å². The topological polar surface area (TPSA) is 128 Å². The zero-order chi connectivity index (χ0) is 25.0. The molecule has 5 aliphatic heterocycles. The Hall–Kier alpha value is -2.45. The summed E-state index contributed by atoms with van der Waals surface area (Å²) in [5, 5.41) is 7.43. The van der Waals surface area contributed by atoms with Crippen molar-refractivity contribution in [1.82, 2.24) is 25.6 Å². The molecule has 1 aromatic heterocycles. The zero-order valence-electron chi connectivity index (χ0n) is 20.0. The maximum absolute atomic E-state index is 15.0. The van der Waals surface area contributed by atoms with E-state index in [0.29, 0.717) is 25.9 Å². The fourth-order valence-corrected chi connectivity index (χ4v) is 6.14. The van der Waals surface area contributed by atoms with Crippen molar-refractivity contribution in [3.05, 3.63) is 18.2 Å². The fraction of sp³-hybridized carbons (Fsp3) is 0.696. The number of rotatable bonds is 4. The van der Waals surface area contributed by atoms with Gasteiger partial charge in [0.2, 0.25) is 11.8 Å². The lowest BCUT2D eigenvalue weighted by atomic mass is 9.77. The first-order valence-electron chi connectivity index (χ1n) is 12.6. The Morgan fingerprint density at radius 1 is 1.22 bits per heavy atom. The first-order valence-corrected chi connectivity index (χ1v) is 12.6. The van der Waals surface area contributed by atoms with Crippen molar-refractivity contribution in [3.8, 4) is 0 Å². The standard InChI is InChI=1S/C23H32F2N8O3/c24-14-5-28-20-17(19(26)30-33(20)8-14)21(34)29-16-7-27-6-15(25)18(16)31-3-1-13(2-4-31)22(35)32-9-23(10-32)11-36-12-23/h6-7,13-14,17,19-20,28,30H,1-5,8-12,26H2,(H,29,34). The van der Waals surface area contributed by atoms with E-state index in [1.807, 2.05) is 9.80 Å². The number of nitrogens with two attached hydrogens (primary N) is 1. The van der Waals surface area contributed by atoms with Gasteiger partial charge in [-0.25, -0.2) is 19.2 Å². The molecule has 0 aromatic carbocycles. The van der Waals surface area contributed by atoms with E-state index < -0.39 is 36.1 Å². The van der Waals surface area contributed by atoms with Crippen LogP contribution >= 0.6 is 0 Å². The normalized spacial score (nSPS) is 32.1. The van der Waals surface area contributed by atoms with Crippen LogP contribution in [0.4, 0.5) is 20.2 Å². The number of aromatic nitrogens is 1. The number of nitrogens with one attached hydrogen (secondary N) is 3. The van der Waals surface area contributed by atoms with Crippen molar-refractivity contribution < 1.29 is 23.1 Å². The molecule has 0 saturated carbocycles. The monoisotopic (exact) mass is 506 g/mol. The number of amides is 2. The smallest absolute Gasteiger partial charge is 0.233 e. The number of hydrogen-bond donors (Lipinski definition) is 4. The van der Waals surface area contributed by atoms with Gasteiger partial charge in [-0.3, -0.25) is 19.9 Å². The number of halogens is 2. The second kappa shape index (κ2) is 9.14. The SMILES string of the molecule is NC1NN2CC(F)CNC2C1C(=O)Nc1cncc(F)c1N1CCC(C(=O)N2CC3(COC3)C2)CC1. The van der Waals surface area contributed by atoms with Crippen LogP contribution in [-0.2, 0) is 14.3 Å². The Morgan fingerprint density at radius 3 is 2.67 bits per heavy atom. The van der Waals surface area contributed by atoms with Crippen molar-refractivity contribution in [2.24, 2.45) is 23.0 Å². The van der Waals surface area contributed by atoms with Gasteiger partial charge in [0.25, 0.3) is 0 Å². The Kier molecular flexibility index (Phi) is 6.07. The molecule has 1 aromatic rings. The Bertz CT molecular complexity index is 1030. The van der Waals surface area contributed by atoms with Crippen LogP contribution in [0.2, 0.25) is 0 Å². The molecule has 6 heterocycles. The van der Waals surface area contributed by atoms with Crippen LogP contribution in [0.25, 0.3) is 0 Å². The summed E-state index contributed by atoms with van der Waals surface area (Å²) >= 11 is 0. The summed E-state index contributed by atoms with van der Waals surface area (Å²) in [5.41, 5.74) is 9.78. The molecule has 6 rings (SSSR count). The minimum absolute atomic E-state index is 0.0900. The molecular formula is C23H32F2N8O3. The molecule has 4 unspecified atom stereocenters.